The number of sulfone groups is 1. The van der Waals surface area contributed by atoms with Gasteiger partial charge in [0.25, 0.3) is 0 Å². The zero-order valence-electron chi connectivity index (χ0n) is 11.3. The molecular weight excluding hydrogens is 252 g/mol. The monoisotopic (exact) mass is 274 g/mol. The van der Waals surface area contributed by atoms with Crippen LogP contribution in [-0.2, 0) is 14.6 Å². The normalized spacial score (nSPS) is 40.2. The highest BCUT2D eigenvalue weighted by Gasteiger charge is 2.48. The van der Waals surface area contributed by atoms with Crippen LogP contribution in [0.15, 0.2) is 0 Å². The van der Waals surface area contributed by atoms with Gasteiger partial charge < -0.3 is 4.90 Å². The number of nitrogens with zero attached hydrogens (tertiary/aromatic N) is 1. The molecule has 2 aliphatic rings. The summed E-state index contributed by atoms with van der Waals surface area (Å²) >= 11 is 0. The van der Waals surface area contributed by atoms with E-state index in [9.17, 15) is 13.2 Å². The van der Waals surface area contributed by atoms with Crippen molar-refractivity contribution in [2.75, 3.05) is 11.5 Å². The molecule has 3 atom stereocenters. The number of rotatable bonds is 2. The van der Waals surface area contributed by atoms with E-state index in [0.29, 0.717) is 12.8 Å². The molecule has 0 bridgehead atoms. The first-order valence-electron chi connectivity index (χ1n) is 6.60. The van der Waals surface area contributed by atoms with Crippen LogP contribution in [0.25, 0.3) is 0 Å². The quantitative estimate of drug-likeness (QED) is 0.797. The summed E-state index contributed by atoms with van der Waals surface area (Å²) in [6.45, 7) is 5.79. The largest absolute Gasteiger partial charge is 0.322 e. The summed E-state index contributed by atoms with van der Waals surface area (Å²) in [4.78, 5) is 14.2. The van der Waals surface area contributed by atoms with Gasteiger partial charge in [0.2, 0.25) is 5.91 Å². The first kappa shape index (κ1) is 13.8. The topological polar surface area (TPSA) is 66.5 Å². The fourth-order valence-corrected chi connectivity index (χ4v) is 4.69. The number of carbonyl (C=O) groups is 1. The molecule has 2 rings (SSSR count). The molecule has 2 fully saturated rings. The number of hydrogen-bond donors (Lipinski definition) is 1. The second-order valence-corrected chi connectivity index (χ2v) is 7.86. The van der Waals surface area contributed by atoms with Crippen LogP contribution in [0, 0.1) is 0 Å². The Balaban J connectivity index is 2.21. The average molecular weight is 274 g/mol. The zero-order chi connectivity index (χ0) is 13.6. The summed E-state index contributed by atoms with van der Waals surface area (Å²) in [5.41, 5.74) is -0.541. The van der Waals surface area contributed by atoms with E-state index in [0.717, 1.165) is 6.42 Å². The van der Waals surface area contributed by atoms with Crippen LogP contribution in [0.2, 0.25) is 0 Å². The predicted octanol–water partition coefficient (Wildman–Crippen LogP) is 0.510. The molecule has 18 heavy (non-hydrogen) atoms. The van der Waals surface area contributed by atoms with Crippen LogP contribution < -0.4 is 5.32 Å². The van der Waals surface area contributed by atoms with Crippen molar-refractivity contribution >= 4 is 15.7 Å². The standard InChI is InChI=1S/C12H22N2O3S/c1-4-12(3)11(15)14(9(2)13-12)10-6-5-7-18(16,17)8-10/h9-10,13H,4-8H2,1-3H3. The smallest absolute Gasteiger partial charge is 0.244 e. The lowest BCUT2D eigenvalue weighted by molar-refractivity contribution is -0.134. The van der Waals surface area contributed by atoms with Gasteiger partial charge in [0.1, 0.15) is 0 Å². The Kier molecular flexibility index (Phi) is 3.44. The molecular formula is C12H22N2O3S. The van der Waals surface area contributed by atoms with Crippen molar-refractivity contribution < 1.29 is 13.2 Å². The zero-order valence-corrected chi connectivity index (χ0v) is 12.1. The van der Waals surface area contributed by atoms with Crippen molar-refractivity contribution in [3.05, 3.63) is 0 Å². The molecule has 0 aromatic carbocycles. The third-order valence-corrected chi connectivity index (χ3v) is 5.99. The van der Waals surface area contributed by atoms with E-state index in [1.165, 1.54) is 0 Å². The Bertz CT molecular complexity index is 448. The fraction of sp³-hybridized carbons (Fsp3) is 0.917. The highest BCUT2D eigenvalue weighted by Crippen LogP contribution is 2.29. The van der Waals surface area contributed by atoms with Crippen LogP contribution in [-0.4, -0.2) is 48.5 Å². The second-order valence-electron chi connectivity index (χ2n) is 5.63. The first-order valence-corrected chi connectivity index (χ1v) is 8.42. The van der Waals surface area contributed by atoms with E-state index in [1.807, 2.05) is 20.8 Å². The minimum atomic E-state index is -2.98. The molecule has 1 N–H and O–H groups in total. The number of carbonyl (C=O) groups excluding carboxylic acids is 1. The minimum Gasteiger partial charge on any atom is -0.322 e. The molecule has 0 aliphatic carbocycles. The summed E-state index contributed by atoms with van der Waals surface area (Å²) in [5, 5.41) is 3.29. The van der Waals surface area contributed by atoms with Crippen molar-refractivity contribution in [1.82, 2.24) is 10.2 Å². The molecule has 6 heteroatoms. The molecule has 3 unspecified atom stereocenters. The maximum absolute atomic E-state index is 12.4. The molecule has 1 amide bonds. The van der Waals surface area contributed by atoms with Gasteiger partial charge in [-0.15, -0.1) is 0 Å². The van der Waals surface area contributed by atoms with Crippen LogP contribution in [0.5, 0.6) is 0 Å². The van der Waals surface area contributed by atoms with Crippen molar-refractivity contribution in [2.45, 2.75) is 57.8 Å². The van der Waals surface area contributed by atoms with Crippen LogP contribution >= 0.6 is 0 Å². The maximum Gasteiger partial charge on any atom is 0.244 e. The maximum atomic E-state index is 12.4. The lowest BCUT2D eigenvalue weighted by Gasteiger charge is -2.33. The molecule has 2 saturated heterocycles. The number of amides is 1. The Labute approximate surface area is 109 Å². The molecule has 2 heterocycles. The Hall–Kier alpha value is -0.620. The molecule has 0 spiro atoms. The van der Waals surface area contributed by atoms with Gasteiger partial charge in [-0.25, -0.2) is 8.42 Å². The molecule has 2 aliphatic heterocycles. The van der Waals surface area contributed by atoms with E-state index in [4.69, 9.17) is 0 Å². The van der Waals surface area contributed by atoms with Gasteiger partial charge >= 0.3 is 0 Å². The minimum absolute atomic E-state index is 0.0413. The van der Waals surface area contributed by atoms with Gasteiger partial charge in [-0.3, -0.25) is 10.1 Å². The summed E-state index contributed by atoms with van der Waals surface area (Å²) < 4.78 is 23.4. The van der Waals surface area contributed by atoms with Crippen LogP contribution in [0.1, 0.15) is 40.0 Å². The summed E-state index contributed by atoms with van der Waals surface area (Å²) in [6, 6.07) is -0.160. The number of nitrogens with one attached hydrogen (secondary N) is 1. The molecule has 0 radical (unpaired) electrons. The number of hydrogen-bond acceptors (Lipinski definition) is 4. The Morgan fingerprint density at radius 1 is 1.50 bits per heavy atom. The van der Waals surface area contributed by atoms with Crippen LogP contribution in [0.3, 0.4) is 0 Å². The fourth-order valence-electron chi connectivity index (χ4n) is 3.01. The molecule has 0 saturated carbocycles. The van der Waals surface area contributed by atoms with Crippen molar-refractivity contribution in [2.24, 2.45) is 0 Å². The van der Waals surface area contributed by atoms with Gasteiger partial charge in [0.15, 0.2) is 9.84 Å². The second kappa shape index (κ2) is 4.49. The first-order chi connectivity index (χ1) is 8.29. The van der Waals surface area contributed by atoms with Gasteiger partial charge in [0.05, 0.1) is 23.2 Å². The van der Waals surface area contributed by atoms with Crippen molar-refractivity contribution in [3.8, 4) is 0 Å². The van der Waals surface area contributed by atoms with Crippen molar-refractivity contribution in [1.29, 1.82) is 0 Å². The lowest BCUT2D eigenvalue weighted by Crippen LogP contribution is -2.49. The van der Waals surface area contributed by atoms with E-state index < -0.39 is 15.4 Å². The average Bonchev–Trinajstić information content (AvgIpc) is 2.49. The summed E-state index contributed by atoms with van der Waals surface area (Å²) in [5.74, 6) is 0.419. The molecule has 0 aromatic heterocycles. The Morgan fingerprint density at radius 2 is 2.17 bits per heavy atom. The van der Waals surface area contributed by atoms with Gasteiger partial charge in [0, 0.05) is 6.04 Å². The van der Waals surface area contributed by atoms with Gasteiger partial charge in [-0.2, -0.15) is 0 Å². The highest BCUT2D eigenvalue weighted by molar-refractivity contribution is 7.91. The van der Waals surface area contributed by atoms with Crippen LogP contribution in [0.4, 0.5) is 0 Å². The SMILES string of the molecule is CCC1(C)NC(C)N(C2CCCS(=O)(=O)C2)C1=O. The van der Waals surface area contributed by atoms with Gasteiger partial charge in [-0.1, -0.05) is 6.92 Å². The predicted molar refractivity (Wildman–Crippen MR) is 69.8 cm³/mol. The molecule has 5 nitrogen and oxygen atoms in total. The Morgan fingerprint density at radius 3 is 2.67 bits per heavy atom. The highest BCUT2D eigenvalue weighted by atomic mass is 32.2. The summed E-state index contributed by atoms with van der Waals surface area (Å²) in [6.07, 6.45) is 2.08. The van der Waals surface area contributed by atoms with E-state index in [-0.39, 0.29) is 29.6 Å². The molecule has 0 aromatic rings. The third-order valence-electron chi connectivity index (χ3n) is 4.19. The molecule has 104 valence electrons. The van der Waals surface area contributed by atoms with Crippen molar-refractivity contribution in [3.63, 3.8) is 0 Å². The van der Waals surface area contributed by atoms with Gasteiger partial charge in [-0.05, 0) is 33.1 Å². The van der Waals surface area contributed by atoms with E-state index in [1.54, 1.807) is 4.90 Å². The van der Waals surface area contributed by atoms with E-state index >= 15 is 0 Å². The van der Waals surface area contributed by atoms with E-state index in [2.05, 4.69) is 5.32 Å². The lowest BCUT2D eigenvalue weighted by atomic mass is 9.98. The summed E-state index contributed by atoms with van der Waals surface area (Å²) in [7, 11) is -2.98. The third kappa shape index (κ3) is 2.28.